The zero-order valence-corrected chi connectivity index (χ0v) is 10.7. The van der Waals surface area contributed by atoms with Gasteiger partial charge in [0.15, 0.2) is 0 Å². The van der Waals surface area contributed by atoms with Crippen LogP contribution >= 0.6 is 0 Å². The summed E-state index contributed by atoms with van der Waals surface area (Å²) in [6, 6.07) is 0.775. The molecule has 0 spiro atoms. The lowest BCUT2D eigenvalue weighted by Crippen LogP contribution is -2.64. The van der Waals surface area contributed by atoms with Crippen molar-refractivity contribution in [2.45, 2.75) is 38.3 Å². The van der Waals surface area contributed by atoms with E-state index in [1.807, 2.05) is 6.92 Å². The van der Waals surface area contributed by atoms with E-state index >= 15 is 0 Å². The normalized spacial score (nSPS) is 39.8. The van der Waals surface area contributed by atoms with Gasteiger partial charge >= 0.3 is 6.03 Å². The van der Waals surface area contributed by atoms with Crippen molar-refractivity contribution >= 4 is 6.03 Å². The number of nitrogens with zero attached hydrogens (tertiary/aromatic N) is 1. The zero-order chi connectivity index (χ0) is 12.0. The second-order valence-electron chi connectivity index (χ2n) is 5.95. The molecule has 1 N–H and O–H groups in total. The molecule has 0 unspecified atom stereocenters. The second kappa shape index (κ2) is 4.16. The first-order valence-corrected chi connectivity index (χ1v) is 6.76. The summed E-state index contributed by atoms with van der Waals surface area (Å²) in [5, 5.41) is 3.02. The average Bonchev–Trinajstić information content (AvgIpc) is 2.73. The van der Waals surface area contributed by atoms with Gasteiger partial charge in [0, 0.05) is 25.6 Å². The van der Waals surface area contributed by atoms with E-state index < -0.39 is 0 Å². The van der Waals surface area contributed by atoms with Crippen LogP contribution in [0.15, 0.2) is 0 Å². The number of amides is 2. The minimum atomic E-state index is 0.102. The molecule has 0 radical (unpaired) electrons. The molecule has 96 valence electrons. The molecule has 4 nitrogen and oxygen atoms in total. The monoisotopic (exact) mass is 238 g/mol. The summed E-state index contributed by atoms with van der Waals surface area (Å²) < 4.78 is 5.04. The number of methoxy groups -OCH3 is 1. The third-order valence-corrected chi connectivity index (χ3v) is 4.86. The number of urea groups is 1. The summed E-state index contributed by atoms with van der Waals surface area (Å²) in [5.74, 6) is 2.53. The molecule has 2 amide bonds. The van der Waals surface area contributed by atoms with Crippen LogP contribution in [0.25, 0.3) is 0 Å². The highest BCUT2D eigenvalue weighted by Crippen LogP contribution is 2.55. The molecule has 4 heteroatoms. The summed E-state index contributed by atoms with van der Waals surface area (Å²) >= 11 is 0. The van der Waals surface area contributed by atoms with Crippen molar-refractivity contribution in [3.63, 3.8) is 0 Å². The van der Waals surface area contributed by atoms with Crippen LogP contribution in [0, 0.1) is 17.8 Å². The first-order valence-electron chi connectivity index (χ1n) is 6.76. The van der Waals surface area contributed by atoms with Crippen LogP contribution in [0.2, 0.25) is 0 Å². The Hall–Kier alpha value is -0.770. The molecule has 0 aromatic heterocycles. The molecule has 3 rings (SSSR count). The third kappa shape index (κ3) is 1.73. The maximum absolute atomic E-state index is 12.1. The quantitative estimate of drug-likeness (QED) is 0.809. The summed E-state index contributed by atoms with van der Waals surface area (Å²) in [5.41, 5.74) is 0. The topological polar surface area (TPSA) is 41.6 Å². The molecule has 3 fully saturated rings. The number of rotatable bonds is 3. The number of ether oxygens (including phenoxy) is 1. The van der Waals surface area contributed by atoms with Crippen molar-refractivity contribution in [3.8, 4) is 0 Å². The van der Waals surface area contributed by atoms with Gasteiger partial charge in [0.25, 0.3) is 0 Å². The lowest BCUT2D eigenvalue weighted by atomic mass is 9.77. The minimum Gasteiger partial charge on any atom is -0.383 e. The van der Waals surface area contributed by atoms with Crippen LogP contribution in [0.5, 0.6) is 0 Å². The van der Waals surface area contributed by atoms with Gasteiger partial charge in [0.2, 0.25) is 0 Å². The maximum atomic E-state index is 12.1. The van der Waals surface area contributed by atoms with E-state index in [-0.39, 0.29) is 12.1 Å². The first kappa shape index (κ1) is 11.3. The van der Waals surface area contributed by atoms with E-state index in [9.17, 15) is 4.79 Å². The van der Waals surface area contributed by atoms with Gasteiger partial charge in [0.05, 0.1) is 12.6 Å². The summed E-state index contributed by atoms with van der Waals surface area (Å²) in [6.07, 6.45) is 4.11. The van der Waals surface area contributed by atoms with Gasteiger partial charge in [-0.1, -0.05) is 0 Å². The molecule has 1 aliphatic heterocycles. The van der Waals surface area contributed by atoms with Crippen molar-refractivity contribution < 1.29 is 9.53 Å². The fourth-order valence-electron chi connectivity index (χ4n) is 4.14. The van der Waals surface area contributed by atoms with Crippen molar-refractivity contribution in [1.82, 2.24) is 10.2 Å². The summed E-state index contributed by atoms with van der Waals surface area (Å²) in [7, 11) is 1.66. The Kier molecular flexibility index (Phi) is 2.77. The van der Waals surface area contributed by atoms with Crippen LogP contribution < -0.4 is 5.32 Å². The molecule has 2 aliphatic carbocycles. The SMILES string of the molecule is COC[C@H](C)NC(=O)N1C[C@H]2[C@H]3CC[C@@H](C3)[C@@H]21. The molecule has 2 saturated carbocycles. The number of likely N-dealkylation sites (tertiary alicyclic amines) is 1. The van der Waals surface area contributed by atoms with Crippen LogP contribution in [-0.2, 0) is 4.74 Å². The predicted octanol–water partition coefficient (Wildman–Crippen LogP) is 1.46. The number of hydrogen-bond donors (Lipinski definition) is 1. The van der Waals surface area contributed by atoms with E-state index in [0.717, 1.165) is 24.3 Å². The fourth-order valence-corrected chi connectivity index (χ4v) is 4.14. The molecule has 1 heterocycles. The lowest BCUT2D eigenvalue weighted by molar-refractivity contribution is 0.0104. The van der Waals surface area contributed by atoms with E-state index in [4.69, 9.17) is 4.74 Å². The minimum absolute atomic E-state index is 0.102. The van der Waals surface area contributed by atoms with Crippen molar-refractivity contribution in [3.05, 3.63) is 0 Å². The number of carbonyl (C=O) groups is 1. The Labute approximate surface area is 103 Å². The second-order valence-corrected chi connectivity index (χ2v) is 5.95. The smallest absolute Gasteiger partial charge is 0.317 e. The maximum Gasteiger partial charge on any atom is 0.317 e. The van der Waals surface area contributed by atoms with Crippen LogP contribution in [0.3, 0.4) is 0 Å². The first-order chi connectivity index (χ1) is 8.20. The van der Waals surface area contributed by atoms with Gasteiger partial charge in [-0.2, -0.15) is 0 Å². The predicted molar refractivity (Wildman–Crippen MR) is 64.7 cm³/mol. The van der Waals surface area contributed by atoms with E-state index in [1.54, 1.807) is 7.11 Å². The standard InChI is InChI=1S/C13H22N2O2/c1-8(7-17-2)14-13(16)15-6-11-9-3-4-10(5-9)12(11)15/h8-12H,3-7H2,1-2H3,(H,14,16)/t8-,9-,10-,11-,12-/m0/s1. The molecule has 5 atom stereocenters. The summed E-state index contributed by atoms with van der Waals surface area (Å²) in [6.45, 7) is 3.55. The number of carbonyl (C=O) groups excluding carboxylic acids is 1. The van der Waals surface area contributed by atoms with Gasteiger partial charge < -0.3 is 15.0 Å². The Balaban J connectivity index is 1.55. The molecule has 2 bridgehead atoms. The average molecular weight is 238 g/mol. The highest BCUT2D eigenvalue weighted by molar-refractivity contribution is 5.76. The number of nitrogens with one attached hydrogen (secondary N) is 1. The molecule has 1 saturated heterocycles. The number of hydrogen-bond acceptors (Lipinski definition) is 2. The molecule has 17 heavy (non-hydrogen) atoms. The van der Waals surface area contributed by atoms with Gasteiger partial charge in [-0.15, -0.1) is 0 Å². The Morgan fingerprint density at radius 1 is 1.47 bits per heavy atom. The van der Waals surface area contributed by atoms with Gasteiger partial charge in [-0.3, -0.25) is 0 Å². The molecular formula is C13H22N2O2. The Morgan fingerprint density at radius 3 is 2.94 bits per heavy atom. The van der Waals surface area contributed by atoms with Crippen molar-refractivity contribution in [1.29, 1.82) is 0 Å². The van der Waals surface area contributed by atoms with Crippen LogP contribution in [0.4, 0.5) is 4.79 Å². The van der Waals surface area contributed by atoms with Gasteiger partial charge in [-0.05, 0) is 38.0 Å². The highest BCUT2D eigenvalue weighted by Gasteiger charge is 2.57. The Bertz CT molecular complexity index is 319. The molecular weight excluding hydrogens is 216 g/mol. The van der Waals surface area contributed by atoms with Crippen LogP contribution in [-0.4, -0.2) is 43.3 Å². The van der Waals surface area contributed by atoms with Crippen molar-refractivity contribution in [2.24, 2.45) is 17.8 Å². The lowest BCUT2D eigenvalue weighted by Gasteiger charge is -2.50. The zero-order valence-electron chi connectivity index (χ0n) is 10.7. The molecule has 0 aromatic rings. The fraction of sp³-hybridized carbons (Fsp3) is 0.923. The van der Waals surface area contributed by atoms with E-state index in [0.29, 0.717) is 12.6 Å². The van der Waals surface area contributed by atoms with Gasteiger partial charge in [0.1, 0.15) is 0 Å². The largest absolute Gasteiger partial charge is 0.383 e. The third-order valence-electron chi connectivity index (χ3n) is 4.86. The van der Waals surface area contributed by atoms with Crippen LogP contribution in [0.1, 0.15) is 26.2 Å². The van der Waals surface area contributed by atoms with E-state index in [1.165, 1.54) is 19.3 Å². The molecule has 0 aromatic carbocycles. The van der Waals surface area contributed by atoms with Crippen molar-refractivity contribution in [2.75, 3.05) is 20.3 Å². The molecule has 3 aliphatic rings. The highest BCUT2D eigenvalue weighted by atomic mass is 16.5. The van der Waals surface area contributed by atoms with Gasteiger partial charge in [-0.25, -0.2) is 4.79 Å². The Morgan fingerprint density at radius 2 is 2.24 bits per heavy atom. The summed E-state index contributed by atoms with van der Waals surface area (Å²) in [4.78, 5) is 14.1. The van der Waals surface area contributed by atoms with E-state index in [2.05, 4.69) is 10.2 Å². The number of fused-ring (bicyclic) bond motifs is 5.